The fourth-order valence-electron chi connectivity index (χ4n) is 2.75. The van der Waals surface area contributed by atoms with Crippen LogP contribution in [0, 0.1) is 0 Å². The van der Waals surface area contributed by atoms with Crippen LogP contribution < -0.4 is 14.8 Å². The Morgan fingerprint density at radius 2 is 1.91 bits per heavy atom. The van der Waals surface area contributed by atoms with E-state index < -0.39 is 5.60 Å². The van der Waals surface area contributed by atoms with Gasteiger partial charge in [-0.25, -0.2) is 0 Å². The van der Waals surface area contributed by atoms with Crippen LogP contribution >= 0.6 is 15.9 Å². The van der Waals surface area contributed by atoms with Crippen molar-refractivity contribution in [3.05, 3.63) is 22.2 Å². The second-order valence-electron chi connectivity index (χ2n) is 5.90. The Morgan fingerprint density at radius 1 is 1.14 bits per heavy atom. The average Bonchev–Trinajstić information content (AvgIpc) is 2.73. The molecule has 0 amide bonds. The molecular formula is C16H22BrNO4. The van der Waals surface area contributed by atoms with Crippen LogP contribution in [-0.4, -0.2) is 43.7 Å². The molecule has 2 heterocycles. The van der Waals surface area contributed by atoms with E-state index in [1.54, 1.807) is 0 Å². The Kier molecular flexibility index (Phi) is 5.23. The van der Waals surface area contributed by atoms with Gasteiger partial charge in [-0.05, 0) is 33.6 Å². The minimum Gasteiger partial charge on any atom is -0.490 e. The second kappa shape index (κ2) is 7.17. The van der Waals surface area contributed by atoms with E-state index in [2.05, 4.69) is 21.2 Å². The second-order valence-corrected chi connectivity index (χ2v) is 6.75. The molecule has 122 valence electrons. The van der Waals surface area contributed by atoms with Crippen LogP contribution in [0.4, 0.5) is 0 Å². The van der Waals surface area contributed by atoms with E-state index in [-0.39, 0.29) is 0 Å². The Labute approximate surface area is 139 Å². The summed E-state index contributed by atoms with van der Waals surface area (Å²) in [6.07, 6.45) is 2.26. The standard InChI is InChI=1S/C16H22BrNO4/c17-13-8-12(9-14-15(13)22-5-1-4-21-14)10-18-11-16(19)2-6-20-7-3-16/h8-9,18-19H,1-7,10-11H2. The van der Waals surface area contributed by atoms with Gasteiger partial charge >= 0.3 is 0 Å². The summed E-state index contributed by atoms with van der Waals surface area (Å²) in [7, 11) is 0. The Balaban J connectivity index is 1.61. The molecule has 0 aliphatic carbocycles. The zero-order valence-corrected chi connectivity index (χ0v) is 14.2. The molecule has 1 saturated heterocycles. The van der Waals surface area contributed by atoms with Gasteiger partial charge in [0.15, 0.2) is 11.5 Å². The van der Waals surface area contributed by atoms with Gasteiger partial charge in [-0.3, -0.25) is 0 Å². The maximum absolute atomic E-state index is 10.4. The normalized spacial score (nSPS) is 20.5. The maximum atomic E-state index is 10.4. The quantitative estimate of drug-likeness (QED) is 0.849. The van der Waals surface area contributed by atoms with E-state index in [1.807, 2.05) is 12.1 Å². The zero-order chi connectivity index (χ0) is 15.4. The van der Waals surface area contributed by atoms with Crippen molar-refractivity contribution in [3.63, 3.8) is 0 Å². The number of ether oxygens (including phenoxy) is 3. The number of halogens is 1. The number of benzene rings is 1. The number of rotatable bonds is 4. The Bertz CT molecular complexity index is 517. The molecule has 0 saturated carbocycles. The van der Waals surface area contributed by atoms with Crippen molar-refractivity contribution in [1.82, 2.24) is 5.32 Å². The lowest BCUT2D eigenvalue weighted by molar-refractivity contribution is -0.0617. The lowest BCUT2D eigenvalue weighted by Gasteiger charge is -2.32. The molecule has 3 rings (SSSR count). The first kappa shape index (κ1) is 16.1. The van der Waals surface area contributed by atoms with Crippen molar-refractivity contribution < 1.29 is 19.3 Å². The minimum atomic E-state index is -0.652. The predicted octanol–water partition coefficient (Wildman–Crippen LogP) is 2.24. The number of hydrogen-bond acceptors (Lipinski definition) is 5. The van der Waals surface area contributed by atoms with Crippen LogP contribution in [0.3, 0.4) is 0 Å². The van der Waals surface area contributed by atoms with Crippen molar-refractivity contribution in [3.8, 4) is 11.5 Å². The minimum absolute atomic E-state index is 0.572. The topological polar surface area (TPSA) is 60.0 Å². The van der Waals surface area contributed by atoms with Crippen LogP contribution in [-0.2, 0) is 11.3 Å². The smallest absolute Gasteiger partial charge is 0.175 e. The molecule has 2 N–H and O–H groups in total. The van der Waals surface area contributed by atoms with Gasteiger partial charge in [0, 0.05) is 45.6 Å². The highest BCUT2D eigenvalue weighted by Gasteiger charge is 2.29. The van der Waals surface area contributed by atoms with Crippen LogP contribution in [0.1, 0.15) is 24.8 Å². The van der Waals surface area contributed by atoms with Crippen molar-refractivity contribution in [2.75, 3.05) is 33.0 Å². The molecule has 1 fully saturated rings. The van der Waals surface area contributed by atoms with Crippen LogP contribution in [0.25, 0.3) is 0 Å². The van der Waals surface area contributed by atoms with E-state index in [9.17, 15) is 5.11 Å². The van der Waals surface area contributed by atoms with Crippen LogP contribution in [0.15, 0.2) is 16.6 Å². The first-order valence-electron chi connectivity index (χ1n) is 7.75. The predicted molar refractivity (Wildman–Crippen MR) is 86.5 cm³/mol. The molecule has 0 aromatic heterocycles. The molecule has 0 radical (unpaired) electrons. The van der Waals surface area contributed by atoms with Gasteiger partial charge in [-0.1, -0.05) is 0 Å². The van der Waals surface area contributed by atoms with Gasteiger partial charge in [-0.15, -0.1) is 0 Å². The van der Waals surface area contributed by atoms with Crippen molar-refractivity contribution in [2.45, 2.75) is 31.4 Å². The maximum Gasteiger partial charge on any atom is 0.175 e. The summed E-state index contributed by atoms with van der Waals surface area (Å²) in [6.45, 7) is 3.87. The first-order chi connectivity index (χ1) is 10.7. The Hall–Kier alpha value is -0.820. The number of nitrogens with one attached hydrogen (secondary N) is 1. The average molecular weight is 372 g/mol. The molecule has 0 bridgehead atoms. The summed E-state index contributed by atoms with van der Waals surface area (Å²) < 4.78 is 17.6. The summed E-state index contributed by atoms with van der Waals surface area (Å²) in [5.41, 5.74) is 0.452. The first-order valence-corrected chi connectivity index (χ1v) is 8.54. The molecule has 1 aromatic carbocycles. The molecule has 2 aliphatic heterocycles. The monoisotopic (exact) mass is 371 g/mol. The third kappa shape index (κ3) is 3.93. The summed E-state index contributed by atoms with van der Waals surface area (Å²) in [4.78, 5) is 0. The third-order valence-electron chi connectivity index (χ3n) is 4.07. The molecular weight excluding hydrogens is 350 g/mol. The van der Waals surface area contributed by atoms with Gasteiger partial charge in [0.1, 0.15) is 0 Å². The van der Waals surface area contributed by atoms with E-state index in [0.717, 1.165) is 28.0 Å². The molecule has 5 nitrogen and oxygen atoms in total. The lowest BCUT2D eigenvalue weighted by Crippen LogP contribution is -2.44. The number of hydrogen-bond donors (Lipinski definition) is 2. The molecule has 0 spiro atoms. The number of fused-ring (bicyclic) bond motifs is 1. The molecule has 0 atom stereocenters. The van der Waals surface area contributed by atoms with Gasteiger partial charge in [-0.2, -0.15) is 0 Å². The third-order valence-corrected chi connectivity index (χ3v) is 4.66. The van der Waals surface area contributed by atoms with Gasteiger partial charge < -0.3 is 24.6 Å². The van der Waals surface area contributed by atoms with Gasteiger partial charge in [0.05, 0.1) is 23.3 Å². The fraction of sp³-hybridized carbons (Fsp3) is 0.625. The van der Waals surface area contributed by atoms with E-state index >= 15 is 0 Å². The van der Waals surface area contributed by atoms with Gasteiger partial charge in [0.2, 0.25) is 0 Å². The highest BCUT2D eigenvalue weighted by atomic mass is 79.9. The number of aliphatic hydroxyl groups is 1. The van der Waals surface area contributed by atoms with E-state index in [4.69, 9.17) is 14.2 Å². The molecule has 0 unspecified atom stereocenters. The largest absolute Gasteiger partial charge is 0.490 e. The van der Waals surface area contributed by atoms with Crippen LogP contribution in [0.5, 0.6) is 11.5 Å². The molecule has 1 aromatic rings. The zero-order valence-electron chi connectivity index (χ0n) is 12.6. The van der Waals surface area contributed by atoms with Crippen molar-refractivity contribution in [1.29, 1.82) is 0 Å². The fourth-order valence-corrected chi connectivity index (χ4v) is 3.36. The van der Waals surface area contributed by atoms with Crippen molar-refractivity contribution in [2.24, 2.45) is 0 Å². The Morgan fingerprint density at radius 3 is 2.73 bits per heavy atom. The van der Waals surface area contributed by atoms with Crippen LogP contribution in [0.2, 0.25) is 0 Å². The summed E-state index contributed by atoms with van der Waals surface area (Å²) in [5, 5.41) is 13.8. The summed E-state index contributed by atoms with van der Waals surface area (Å²) >= 11 is 3.55. The lowest BCUT2D eigenvalue weighted by atomic mass is 9.94. The highest BCUT2D eigenvalue weighted by Crippen LogP contribution is 2.38. The summed E-state index contributed by atoms with van der Waals surface area (Å²) in [5.74, 6) is 1.57. The highest BCUT2D eigenvalue weighted by molar-refractivity contribution is 9.10. The summed E-state index contributed by atoms with van der Waals surface area (Å²) in [6, 6.07) is 4.04. The van der Waals surface area contributed by atoms with E-state index in [0.29, 0.717) is 52.4 Å². The SMILES string of the molecule is OC1(CNCc2cc(Br)c3c(c2)OCCCO3)CCOCC1. The van der Waals surface area contributed by atoms with Gasteiger partial charge in [0.25, 0.3) is 0 Å². The molecule has 2 aliphatic rings. The van der Waals surface area contributed by atoms with E-state index in [1.165, 1.54) is 0 Å². The molecule has 22 heavy (non-hydrogen) atoms. The van der Waals surface area contributed by atoms with Crippen molar-refractivity contribution >= 4 is 15.9 Å². The molecule has 6 heteroatoms.